The van der Waals surface area contributed by atoms with E-state index in [1.54, 1.807) is 25.3 Å². The molecule has 1 aromatic rings. The van der Waals surface area contributed by atoms with Gasteiger partial charge in [0.05, 0.1) is 12.1 Å². The van der Waals surface area contributed by atoms with Gasteiger partial charge in [0.25, 0.3) is 0 Å². The van der Waals surface area contributed by atoms with Gasteiger partial charge in [-0.2, -0.15) is 0 Å². The molecule has 0 amide bonds. The second-order valence-electron chi connectivity index (χ2n) is 2.64. The molecule has 0 aliphatic carbocycles. The van der Waals surface area contributed by atoms with Crippen molar-refractivity contribution < 1.29 is 4.74 Å². The quantitative estimate of drug-likeness (QED) is 0.753. The van der Waals surface area contributed by atoms with Crippen molar-refractivity contribution in [1.29, 1.82) is 5.41 Å². The first-order valence-corrected chi connectivity index (χ1v) is 4.37. The molecule has 3 N–H and O–H groups in total. The van der Waals surface area contributed by atoms with Crippen LogP contribution in [-0.2, 0) is 0 Å². The molecule has 14 heavy (non-hydrogen) atoms. The second kappa shape index (κ2) is 4.67. The zero-order valence-corrected chi connectivity index (χ0v) is 8.51. The van der Waals surface area contributed by atoms with E-state index in [9.17, 15) is 0 Å². The minimum absolute atomic E-state index is 0.504. The van der Waals surface area contributed by atoms with Crippen LogP contribution in [0.2, 0.25) is 5.02 Å². The Balaban J connectivity index is 3.08. The minimum atomic E-state index is 0.504. The molecule has 0 aromatic heterocycles. The summed E-state index contributed by atoms with van der Waals surface area (Å²) in [6, 6.07) is 5.23. The summed E-state index contributed by atoms with van der Waals surface area (Å²) in [5.74, 6) is 0.609. The standard InChI is InChI=1S/C10H11ClN2O/c1-14-10-3-2-7(6-8(10)11)9(13)4-5-12/h2-6,12H,13H2,1H3. The van der Waals surface area contributed by atoms with Gasteiger partial charge in [0.1, 0.15) is 5.75 Å². The monoisotopic (exact) mass is 210 g/mol. The van der Waals surface area contributed by atoms with Crippen LogP contribution in [0.15, 0.2) is 24.3 Å². The van der Waals surface area contributed by atoms with Crippen LogP contribution in [0.3, 0.4) is 0 Å². The molecule has 0 saturated carbocycles. The molecule has 74 valence electrons. The molecule has 0 spiro atoms. The van der Waals surface area contributed by atoms with Gasteiger partial charge in [0.2, 0.25) is 0 Å². The fraction of sp³-hybridized carbons (Fsp3) is 0.100. The number of benzene rings is 1. The van der Waals surface area contributed by atoms with Gasteiger partial charge in [-0.1, -0.05) is 11.6 Å². The Morgan fingerprint density at radius 1 is 1.57 bits per heavy atom. The largest absolute Gasteiger partial charge is 0.495 e. The summed E-state index contributed by atoms with van der Waals surface area (Å²) in [5.41, 5.74) is 6.96. The number of hydrogen-bond acceptors (Lipinski definition) is 3. The summed E-state index contributed by atoms with van der Waals surface area (Å²) >= 11 is 5.91. The SMILES string of the molecule is COc1ccc(C(N)=CC=N)cc1Cl. The maximum Gasteiger partial charge on any atom is 0.137 e. The highest BCUT2D eigenvalue weighted by atomic mass is 35.5. The molecule has 4 heteroatoms. The van der Waals surface area contributed by atoms with E-state index in [2.05, 4.69) is 0 Å². The Bertz CT molecular complexity index is 374. The van der Waals surface area contributed by atoms with Crippen LogP contribution in [0.4, 0.5) is 0 Å². The summed E-state index contributed by atoms with van der Waals surface area (Å²) in [5, 5.41) is 7.38. The van der Waals surface area contributed by atoms with E-state index < -0.39 is 0 Å². The Morgan fingerprint density at radius 3 is 2.79 bits per heavy atom. The zero-order valence-electron chi connectivity index (χ0n) is 7.75. The van der Waals surface area contributed by atoms with Gasteiger partial charge in [-0.05, 0) is 29.8 Å². The fourth-order valence-corrected chi connectivity index (χ4v) is 1.29. The van der Waals surface area contributed by atoms with Crippen LogP contribution in [0.5, 0.6) is 5.75 Å². The summed E-state index contributed by atoms with van der Waals surface area (Å²) in [6.45, 7) is 0. The van der Waals surface area contributed by atoms with Gasteiger partial charge in [-0.15, -0.1) is 0 Å². The average Bonchev–Trinajstić information content (AvgIpc) is 2.18. The lowest BCUT2D eigenvalue weighted by molar-refractivity contribution is 0.415. The maximum absolute atomic E-state index is 6.88. The van der Waals surface area contributed by atoms with Gasteiger partial charge in [0, 0.05) is 11.9 Å². The molecule has 0 fully saturated rings. The third kappa shape index (κ3) is 2.26. The predicted molar refractivity (Wildman–Crippen MR) is 59.0 cm³/mol. The molecule has 0 radical (unpaired) electrons. The number of methoxy groups -OCH3 is 1. The third-order valence-electron chi connectivity index (χ3n) is 1.75. The van der Waals surface area contributed by atoms with Crippen LogP contribution in [0.1, 0.15) is 5.56 Å². The Kier molecular flexibility index (Phi) is 3.54. The van der Waals surface area contributed by atoms with E-state index in [0.717, 1.165) is 11.8 Å². The molecule has 0 aliphatic rings. The first-order valence-electron chi connectivity index (χ1n) is 3.99. The second-order valence-corrected chi connectivity index (χ2v) is 3.05. The molecular weight excluding hydrogens is 200 g/mol. The summed E-state index contributed by atoms with van der Waals surface area (Å²) < 4.78 is 5.00. The van der Waals surface area contributed by atoms with Gasteiger partial charge < -0.3 is 15.9 Å². The topological polar surface area (TPSA) is 59.1 Å². The maximum atomic E-state index is 6.88. The highest BCUT2D eigenvalue weighted by Gasteiger charge is 2.02. The van der Waals surface area contributed by atoms with E-state index in [-0.39, 0.29) is 0 Å². The van der Waals surface area contributed by atoms with Crippen LogP contribution in [0, 0.1) is 5.41 Å². The van der Waals surface area contributed by atoms with Crippen molar-refractivity contribution >= 4 is 23.5 Å². The minimum Gasteiger partial charge on any atom is -0.495 e. The van der Waals surface area contributed by atoms with E-state index in [1.165, 1.54) is 6.08 Å². The van der Waals surface area contributed by atoms with E-state index >= 15 is 0 Å². The van der Waals surface area contributed by atoms with Crippen LogP contribution >= 0.6 is 11.6 Å². The van der Waals surface area contributed by atoms with Crippen molar-refractivity contribution in [3.05, 3.63) is 34.9 Å². The predicted octanol–water partition coefficient (Wildman–Crippen LogP) is 2.30. The molecule has 1 rings (SSSR count). The van der Waals surface area contributed by atoms with Gasteiger partial charge in [0.15, 0.2) is 0 Å². The fourth-order valence-electron chi connectivity index (χ4n) is 1.03. The molecule has 1 aromatic carbocycles. The summed E-state index contributed by atoms with van der Waals surface area (Å²) in [7, 11) is 1.55. The van der Waals surface area contributed by atoms with Crippen LogP contribution in [0.25, 0.3) is 5.70 Å². The van der Waals surface area contributed by atoms with Gasteiger partial charge >= 0.3 is 0 Å². The number of hydrogen-bond donors (Lipinski definition) is 2. The van der Waals surface area contributed by atoms with E-state index in [1.807, 2.05) is 0 Å². The normalized spacial score (nSPS) is 11.1. The van der Waals surface area contributed by atoms with Gasteiger partial charge in [-0.25, -0.2) is 0 Å². The Morgan fingerprint density at radius 2 is 2.29 bits per heavy atom. The molecule has 3 nitrogen and oxygen atoms in total. The number of halogens is 1. The lowest BCUT2D eigenvalue weighted by Gasteiger charge is -2.05. The van der Waals surface area contributed by atoms with Crippen molar-refractivity contribution in [3.63, 3.8) is 0 Å². The van der Waals surface area contributed by atoms with Crippen molar-refractivity contribution in [3.8, 4) is 5.75 Å². The number of nitrogens with one attached hydrogen (secondary N) is 1. The Hall–Kier alpha value is -1.48. The third-order valence-corrected chi connectivity index (χ3v) is 2.04. The lowest BCUT2D eigenvalue weighted by atomic mass is 10.1. The molecule has 0 atom stereocenters. The van der Waals surface area contributed by atoms with Crippen molar-refractivity contribution in [2.75, 3.05) is 7.11 Å². The molecule has 0 unspecified atom stereocenters. The summed E-state index contributed by atoms with van der Waals surface area (Å²) in [6.07, 6.45) is 2.63. The molecular formula is C10H11ClN2O. The first kappa shape index (κ1) is 10.6. The highest BCUT2D eigenvalue weighted by Crippen LogP contribution is 2.26. The molecule has 0 heterocycles. The number of rotatable bonds is 3. The average molecular weight is 211 g/mol. The smallest absolute Gasteiger partial charge is 0.137 e. The number of nitrogens with two attached hydrogens (primary N) is 1. The van der Waals surface area contributed by atoms with E-state index in [4.69, 9.17) is 27.5 Å². The number of ether oxygens (including phenoxy) is 1. The molecule has 0 aliphatic heterocycles. The summed E-state index contributed by atoms with van der Waals surface area (Å²) in [4.78, 5) is 0. The van der Waals surface area contributed by atoms with Crippen molar-refractivity contribution in [2.45, 2.75) is 0 Å². The first-order chi connectivity index (χ1) is 6.69. The molecule has 0 bridgehead atoms. The van der Waals surface area contributed by atoms with Crippen molar-refractivity contribution in [1.82, 2.24) is 0 Å². The van der Waals surface area contributed by atoms with Crippen molar-refractivity contribution in [2.24, 2.45) is 5.73 Å². The zero-order chi connectivity index (χ0) is 10.6. The van der Waals surface area contributed by atoms with Gasteiger partial charge in [-0.3, -0.25) is 0 Å². The number of allylic oxidation sites excluding steroid dienone is 1. The molecule has 0 saturated heterocycles. The highest BCUT2D eigenvalue weighted by molar-refractivity contribution is 6.32. The van der Waals surface area contributed by atoms with Crippen LogP contribution < -0.4 is 10.5 Å². The van der Waals surface area contributed by atoms with Crippen LogP contribution in [-0.4, -0.2) is 13.3 Å². The Labute approximate surface area is 87.6 Å². The van der Waals surface area contributed by atoms with E-state index in [0.29, 0.717) is 16.5 Å². The lowest BCUT2D eigenvalue weighted by Crippen LogP contribution is -1.96.